The number of nitrogens with zero attached hydrogens (tertiary/aromatic N) is 2. The highest BCUT2D eigenvalue weighted by atomic mass is 79.9. The molecule has 4 heteroatoms. The van der Waals surface area contributed by atoms with E-state index in [2.05, 4.69) is 33.4 Å². The number of hydrogen-bond donors (Lipinski definition) is 1. The summed E-state index contributed by atoms with van der Waals surface area (Å²) in [5, 5.41) is 21.1. The fraction of sp³-hybridized carbons (Fsp3) is 0.125. The van der Waals surface area contributed by atoms with Gasteiger partial charge in [-0.1, -0.05) is 28.1 Å². The number of halogens is 1. The average molecular weight is 326 g/mol. The van der Waals surface area contributed by atoms with Gasteiger partial charge in [0.2, 0.25) is 0 Å². The number of rotatable bonds is 3. The van der Waals surface area contributed by atoms with E-state index >= 15 is 0 Å². The van der Waals surface area contributed by atoms with Crippen molar-refractivity contribution in [2.45, 2.75) is 13.0 Å². The molecule has 0 aliphatic carbocycles. The van der Waals surface area contributed by atoms with Crippen LogP contribution in [0.25, 0.3) is 0 Å². The zero-order chi connectivity index (χ0) is 14.5. The van der Waals surface area contributed by atoms with E-state index in [-0.39, 0.29) is 6.04 Å². The topological polar surface area (TPSA) is 59.6 Å². The van der Waals surface area contributed by atoms with Crippen LogP contribution in [0.5, 0.6) is 0 Å². The first kappa shape index (κ1) is 14.1. The summed E-state index contributed by atoms with van der Waals surface area (Å²) >= 11 is 3.39. The minimum atomic E-state index is 0.0867. The zero-order valence-electron chi connectivity index (χ0n) is 10.9. The Morgan fingerprint density at radius 3 is 2.25 bits per heavy atom. The van der Waals surface area contributed by atoms with Gasteiger partial charge in [-0.05, 0) is 42.8 Å². The maximum absolute atomic E-state index is 8.97. The molecule has 0 saturated carbocycles. The summed E-state index contributed by atoms with van der Waals surface area (Å²) in [6, 6.07) is 17.3. The lowest BCUT2D eigenvalue weighted by molar-refractivity contribution is 0.884. The van der Waals surface area contributed by atoms with Crippen molar-refractivity contribution >= 4 is 21.6 Å². The molecule has 0 fully saturated rings. The Morgan fingerprint density at radius 2 is 1.65 bits per heavy atom. The lowest BCUT2D eigenvalue weighted by atomic mass is 10.1. The zero-order valence-corrected chi connectivity index (χ0v) is 12.5. The molecule has 98 valence electrons. The van der Waals surface area contributed by atoms with Gasteiger partial charge in [0, 0.05) is 16.2 Å². The van der Waals surface area contributed by atoms with Crippen LogP contribution in [0.3, 0.4) is 0 Å². The molecule has 1 N–H and O–H groups in total. The second-order valence-corrected chi connectivity index (χ2v) is 5.36. The predicted molar refractivity (Wildman–Crippen MR) is 82.1 cm³/mol. The molecule has 1 atom stereocenters. The van der Waals surface area contributed by atoms with Crippen molar-refractivity contribution in [3.63, 3.8) is 0 Å². The summed E-state index contributed by atoms with van der Waals surface area (Å²) in [6.07, 6.45) is 0. The van der Waals surface area contributed by atoms with Crippen LogP contribution >= 0.6 is 15.9 Å². The number of hydrogen-bond acceptors (Lipinski definition) is 3. The number of nitriles is 2. The molecular weight excluding hydrogens is 314 g/mol. The van der Waals surface area contributed by atoms with E-state index in [1.165, 1.54) is 0 Å². The normalized spacial score (nSPS) is 11.2. The van der Waals surface area contributed by atoms with Crippen LogP contribution in [0.15, 0.2) is 46.9 Å². The molecule has 0 amide bonds. The Bertz CT molecular complexity index is 693. The Labute approximate surface area is 126 Å². The molecule has 3 nitrogen and oxygen atoms in total. The highest BCUT2D eigenvalue weighted by molar-refractivity contribution is 9.10. The number of benzene rings is 2. The summed E-state index contributed by atoms with van der Waals surface area (Å²) in [7, 11) is 0. The van der Waals surface area contributed by atoms with E-state index in [4.69, 9.17) is 10.5 Å². The van der Waals surface area contributed by atoms with Crippen LogP contribution in [0.4, 0.5) is 5.69 Å². The molecule has 2 aromatic carbocycles. The summed E-state index contributed by atoms with van der Waals surface area (Å²) < 4.78 is 0.867. The molecular formula is C16H12BrN3. The fourth-order valence-electron chi connectivity index (χ4n) is 1.92. The van der Waals surface area contributed by atoms with E-state index in [1.807, 2.05) is 31.2 Å². The maximum Gasteiger partial charge on any atom is 0.0992 e. The summed E-state index contributed by atoms with van der Waals surface area (Å²) in [4.78, 5) is 0. The lowest BCUT2D eigenvalue weighted by Gasteiger charge is -2.16. The molecule has 0 aliphatic rings. The van der Waals surface area contributed by atoms with Crippen LogP contribution in [-0.2, 0) is 0 Å². The van der Waals surface area contributed by atoms with E-state index in [0.29, 0.717) is 11.1 Å². The van der Waals surface area contributed by atoms with E-state index in [9.17, 15) is 0 Å². The lowest BCUT2D eigenvalue weighted by Crippen LogP contribution is -2.06. The third-order valence-electron chi connectivity index (χ3n) is 2.95. The van der Waals surface area contributed by atoms with Crippen molar-refractivity contribution in [1.29, 1.82) is 10.5 Å². The van der Waals surface area contributed by atoms with Gasteiger partial charge in [0.15, 0.2) is 0 Å². The molecule has 2 rings (SSSR count). The van der Waals surface area contributed by atoms with E-state index in [0.717, 1.165) is 15.7 Å². The SMILES string of the molecule is CC(Nc1cc(Br)cc(C#N)c1)c1ccc(C#N)cc1. The van der Waals surface area contributed by atoms with Crippen LogP contribution in [0.2, 0.25) is 0 Å². The molecule has 0 aliphatic heterocycles. The van der Waals surface area contributed by atoms with Crippen molar-refractivity contribution in [2.24, 2.45) is 0 Å². The minimum Gasteiger partial charge on any atom is -0.378 e. The van der Waals surface area contributed by atoms with Gasteiger partial charge in [-0.2, -0.15) is 10.5 Å². The van der Waals surface area contributed by atoms with Gasteiger partial charge in [0.05, 0.1) is 23.3 Å². The third kappa shape index (κ3) is 3.38. The minimum absolute atomic E-state index is 0.0867. The van der Waals surface area contributed by atoms with Gasteiger partial charge in [-0.25, -0.2) is 0 Å². The Kier molecular flexibility index (Phi) is 4.40. The molecule has 1 unspecified atom stereocenters. The van der Waals surface area contributed by atoms with Crippen LogP contribution in [-0.4, -0.2) is 0 Å². The predicted octanol–water partition coefficient (Wildman–Crippen LogP) is 4.37. The van der Waals surface area contributed by atoms with Gasteiger partial charge in [0.1, 0.15) is 0 Å². The quantitative estimate of drug-likeness (QED) is 0.911. The number of anilines is 1. The molecule has 0 aromatic heterocycles. The van der Waals surface area contributed by atoms with Gasteiger partial charge >= 0.3 is 0 Å². The summed E-state index contributed by atoms with van der Waals surface area (Å²) in [5.41, 5.74) is 3.22. The van der Waals surface area contributed by atoms with Crippen molar-refractivity contribution in [3.8, 4) is 12.1 Å². The Hall–Kier alpha value is -2.30. The maximum atomic E-state index is 8.97. The van der Waals surface area contributed by atoms with Crippen LogP contribution in [0.1, 0.15) is 29.7 Å². The molecule has 0 spiro atoms. The van der Waals surface area contributed by atoms with Gasteiger partial charge < -0.3 is 5.32 Å². The third-order valence-corrected chi connectivity index (χ3v) is 3.41. The van der Waals surface area contributed by atoms with Crippen LogP contribution < -0.4 is 5.32 Å². The second kappa shape index (κ2) is 6.23. The van der Waals surface area contributed by atoms with Crippen molar-refractivity contribution in [3.05, 3.63) is 63.6 Å². The van der Waals surface area contributed by atoms with Gasteiger partial charge in [0.25, 0.3) is 0 Å². The molecule has 0 bridgehead atoms. The van der Waals surface area contributed by atoms with E-state index < -0.39 is 0 Å². The Morgan fingerprint density at radius 1 is 1.00 bits per heavy atom. The summed E-state index contributed by atoms with van der Waals surface area (Å²) in [5.74, 6) is 0. The first-order chi connectivity index (χ1) is 9.62. The molecule has 0 radical (unpaired) electrons. The highest BCUT2D eigenvalue weighted by Gasteiger charge is 2.07. The molecule has 20 heavy (non-hydrogen) atoms. The highest BCUT2D eigenvalue weighted by Crippen LogP contribution is 2.24. The first-order valence-corrected chi connectivity index (χ1v) is 6.89. The van der Waals surface area contributed by atoms with Crippen molar-refractivity contribution in [2.75, 3.05) is 5.32 Å². The van der Waals surface area contributed by atoms with Crippen LogP contribution in [0, 0.1) is 22.7 Å². The number of nitrogens with one attached hydrogen (secondary N) is 1. The van der Waals surface area contributed by atoms with Gasteiger partial charge in [-0.15, -0.1) is 0 Å². The largest absolute Gasteiger partial charge is 0.378 e. The van der Waals surface area contributed by atoms with Crippen molar-refractivity contribution in [1.82, 2.24) is 0 Å². The first-order valence-electron chi connectivity index (χ1n) is 6.09. The van der Waals surface area contributed by atoms with E-state index in [1.54, 1.807) is 18.2 Å². The molecule has 2 aromatic rings. The van der Waals surface area contributed by atoms with Crippen molar-refractivity contribution < 1.29 is 0 Å². The average Bonchev–Trinajstić information content (AvgIpc) is 2.46. The standard InChI is InChI=1S/C16H12BrN3/c1-11(14-4-2-12(9-18)3-5-14)20-16-7-13(10-19)6-15(17)8-16/h2-8,11,20H,1H3. The fourth-order valence-corrected chi connectivity index (χ4v) is 2.41. The monoisotopic (exact) mass is 325 g/mol. The smallest absolute Gasteiger partial charge is 0.0992 e. The Balaban J connectivity index is 2.19. The summed E-state index contributed by atoms with van der Waals surface area (Å²) in [6.45, 7) is 2.04. The molecule has 0 heterocycles. The van der Waals surface area contributed by atoms with Gasteiger partial charge in [-0.3, -0.25) is 0 Å². The molecule has 0 saturated heterocycles. The second-order valence-electron chi connectivity index (χ2n) is 4.44.